The first-order chi connectivity index (χ1) is 18.8. The number of carbonyl (C=O) groups excluding carboxylic acids is 4. The van der Waals surface area contributed by atoms with E-state index in [1.807, 2.05) is 0 Å². The Balaban J connectivity index is -0.000000472. The Morgan fingerprint density at radius 1 is 0.875 bits per heavy atom. The lowest BCUT2D eigenvalue weighted by Gasteiger charge is -2.10. The molecule has 0 bridgehead atoms. The minimum atomic E-state index is -1.48. The van der Waals surface area contributed by atoms with E-state index in [0.29, 0.717) is 6.61 Å². The van der Waals surface area contributed by atoms with E-state index in [9.17, 15) is 24.0 Å². The first-order valence-corrected chi connectivity index (χ1v) is 11.9. The topological polar surface area (TPSA) is 214 Å². The first-order valence-electron chi connectivity index (χ1n) is 11.9. The zero-order chi connectivity index (χ0) is 31.5. The normalized spacial score (nSPS) is 11.3. The smallest absolute Gasteiger partial charge is 0.506 e. The van der Waals surface area contributed by atoms with Gasteiger partial charge in [0, 0.05) is 6.20 Å². The van der Waals surface area contributed by atoms with Gasteiger partial charge in [0.15, 0.2) is 12.2 Å². The number of pyridine rings is 1. The summed E-state index contributed by atoms with van der Waals surface area (Å²) in [5.41, 5.74) is 0. The number of nitrogens with zero attached hydrogens (tertiary/aromatic N) is 1. The van der Waals surface area contributed by atoms with Crippen molar-refractivity contribution in [3.63, 3.8) is 0 Å². The molecule has 0 aromatic carbocycles. The molecule has 0 aliphatic rings. The summed E-state index contributed by atoms with van der Waals surface area (Å²) in [6.45, 7) is 13.3. The quantitative estimate of drug-likeness (QED) is 0.207. The first kappa shape index (κ1) is 40.1. The Kier molecular flexibility index (Phi) is 26.3. The molecule has 0 radical (unpaired) electrons. The lowest BCUT2D eigenvalue weighted by molar-refractivity contribution is -0.153. The molecule has 15 nitrogen and oxygen atoms in total. The number of ether oxygens (including phenoxy) is 6. The molecule has 228 valence electrons. The Morgan fingerprint density at radius 2 is 1.35 bits per heavy atom. The zero-order valence-corrected chi connectivity index (χ0v) is 23.4. The van der Waals surface area contributed by atoms with E-state index in [1.54, 1.807) is 39.1 Å². The van der Waals surface area contributed by atoms with Crippen LogP contribution in [0.5, 0.6) is 5.75 Å². The summed E-state index contributed by atoms with van der Waals surface area (Å²) in [7, 11) is 0. The van der Waals surface area contributed by atoms with E-state index in [4.69, 9.17) is 15.3 Å². The molecule has 1 heterocycles. The van der Waals surface area contributed by atoms with Crippen LogP contribution in [0.25, 0.3) is 0 Å². The minimum Gasteiger partial charge on any atom is -0.506 e. The highest BCUT2D eigenvalue weighted by atomic mass is 16.7. The maximum atomic E-state index is 11.0. The number of aliphatic hydroxyl groups is 1. The summed E-state index contributed by atoms with van der Waals surface area (Å²) in [6, 6.07) is 3.25. The summed E-state index contributed by atoms with van der Waals surface area (Å²) in [6.07, 6.45) is -0.985. The van der Waals surface area contributed by atoms with Crippen LogP contribution in [0.3, 0.4) is 0 Å². The zero-order valence-electron chi connectivity index (χ0n) is 23.4. The highest BCUT2D eigenvalue weighted by molar-refractivity contribution is 5.77. The van der Waals surface area contributed by atoms with Crippen molar-refractivity contribution in [2.45, 2.75) is 59.9 Å². The SMILES string of the molecule is C=CCOC(=O)OC(C)C(=O)OCC.CCOC(=O)C(C)O.CCOC(=O)C(C)OC(=O)O.Oc1cccnc1. The van der Waals surface area contributed by atoms with E-state index < -0.39 is 48.5 Å². The Morgan fingerprint density at radius 3 is 1.65 bits per heavy atom. The molecule has 0 spiro atoms. The van der Waals surface area contributed by atoms with Gasteiger partial charge in [-0.3, -0.25) is 4.98 Å². The Bertz CT molecular complexity index is 860. The molecule has 3 atom stereocenters. The molecule has 0 amide bonds. The largest absolute Gasteiger partial charge is 0.509 e. The van der Waals surface area contributed by atoms with Gasteiger partial charge in [0.05, 0.1) is 26.0 Å². The molecule has 1 rings (SSSR count). The summed E-state index contributed by atoms with van der Waals surface area (Å²) >= 11 is 0. The van der Waals surface area contributed by atoms with Gasteiger partial charge >= 0.3 is 30.2 Å². The number of carboxylic acid groups (broad SMARTS) is 1. The van der Waals surface area contributed by atoms with Crippen LogP contribution < -0.4 is 0 Å². The van der Waals surface area contributed by atoms with Crippen LogP contribution in [-0.4, -0.2) is 95.3 Å². The molecular formula is C25H39NO14. The van der Waals surface area contributed by atoms with Gasteiger partial charge in [-0.15, -0.1) is 0 Å². The number of aromatic hydroxyl groups is 1. The molecule has 3 unspecified atom stereocenters. The number of rotatable bonds is 10. The average molecular weight is 578 g/mol. The van der Waals surface area contributed by atoms with Crippen LogP contribution in [-0.2, 0) is 42.8 Å². The van der Waals surface area contributed by atoms with E-state index >= 15 is 0 Å². The summed E-state index contributed by atoms with van der Waals surface area (Å²) < 4.78 is 26.7. The fourth-order valence-electron chi connectivity index (χ4n) is 1.69. The van der Waals surface area contributed by atoms with Gasteiger partial charge in [-0.2, -0.15) is 0 Å². The van der Waals surface area contributed by atoms with Crippen LogP contribution >= 0.6 is 0 Å². The average Bonchev–Trinajstić information content (AvgIpc) is 2.89. The maximum absolute atomic E-state index is 11.0. The van der Waals surface area contributed by atoms with Gasteiger partial charge in [-0.25, -0.2) is 24.0 Å². The maximum Gasteiger partial charge on any atom is 0.509 e. The van der Waals surface area contributed by atoms with Gasteiger partial charge < -0.3 is 43.7 Å². The molecule has 0 fully saturated rings. The van der Waals surface area contributed by atoms with Crippen molar-refractivity contribution in [1.82, 2.24) is 4.98 Å². The third-order valence-corrected chi connectivity index (χ3v) is 3.38. The van der Waals surface area contributed by atoms with Crippen molar-refractivity contribution in [1.29, 1.82) is 0 Å². The number of carbonyl (C=O) groups is 5. The lowest BCUT2D eigenvalue weighted by Crippen LogP contribution is -2.26. The van der Waals surface area contributed by atoms with Gasteiger partial charge in [-0.05, 0) is 53.7 Å². The van der Waals surface area contributed by atoms with Crippen molar-refractivity contribution < 1.29 is 67.7 Å². The molecule has 15 heteroatoms. The van der Waals surface area contributed by atoms with Gasteiger partial charge in [0.1, 0.15) is 18.5 Å². The predicted octanol–water partition coefficient (Wildman–Crippen LogP) is 2.63. The second-order valence-corrected chi connectivity index (χ2v) is 6.78. The van der Waals surface area contributed by atoms with Gasteiger partial charge in [-0.1, -0.05) is 12.7 Å². The molecule has 3 N–H and O–H groups in total. The summed E-state index contributed by atoms with van der Waals surface area (Å²) in [5, 5.41) is 25.1. The highest BCUT2D eigenvalue weighted by Gasteiger charge is 2.19. The highest BCUT2D eigenvalue weighted by Crippen LogP contribution is 2.00. The van der Waals surface area contributed by atoms with Crippen LogP contribution in [0.15, 0.2) is 37.2 Å². The fourth-order valence-corrected chi connectivity index (χ4v) is 1.69. The second-order valence-electron chi connectivity index (χ2n) is 6.78. The molecule has 1 aromatic rings. The molecule has 1 aromatic heterocycles. The minimum absolute atomic E-state index is 0.0500. The number of esters is 3. The van der Waals surface area contributed by atoms with Crippen molar-refractivity contribution >= 4 is 30.2 Å². The van der Waals surface area contributed by atoms with Crippen molar-refractivity contribution in [2.24, 2.45) is 0 Å². The van der Waals surface area contributed by atoms with Crippen LogP contribution in [0.1, 0.15) is 41.5 Å². The number of aliphatic hydroxyl groups excluding tert-OH is 1. The molecular weight excluding hydrogens is 538 g/mol. The van der Waals surface area contributed by atoms with E-state index in [0.717, 1.165) is 0 Å². The van der Waals surface area contributed by atoms with Crippen LogP contribution in [0, 0.1) is 0 Å². The van der Waals surface area contributed by atoms with Crippen molar-refractivity contribution in [3.05, 3.63) is 37.2 Å². The summed E-state index contributed by atoms with van der Waals surface area (Å²) in [5.74, 6) is -1.62. The molecule has 0 saturated carbocycles. The monoisotopic (exact) mass is 577 g/mol. The predicted molar refractivity (Wildman–Crippen MR) is 138 cm³/mol. The van der Waals surface area contributed by atoms with Crippen LogP contribution in [0.4, 0.5) is 9.59 Å². The number of aromatic nitrogens is 1. The summed E-state index contributed by atoms with van der Waals surface area (Å²) in [4.78, 5) is 56.3. The third-order valence-electron chi connectivity index (χ3n) is 3.38. The number of hydrogen-bond acceptors (Lipinski definition) is 14. The van der Waals surface area contributed by atoms with E-state index in [-0.39, 0.29) is 25.6 Å². The Labute approximate surface area is 232 Å². The van der Waals surface area contributed by atoms with Gasteiger partial charge in [0.2, 0.25) is 0 Å². The van der Waals surface area contributed by atoms with E-state index in [1.165, 1.54) is 33.0 Å². The molecule has 0 saturated heterocycles. The Hall–Kier alpha value is -4.40. The third kappa shape index (κ3) is 26.7. The second kappa shape index (κ2) is 26.2. The van der Waals surface area contributed by atoms with Crippen LogP contribution in [0.2, 0.25) is 0 Å². The van der Waals surface area contributed by atoms with Crippen molar-refractivity contribution in [3.8, 4) is 5.75 Å². The van der Waals surface area contributed by atoms with Gasteiger partial charge in [0.25, 0.3) is 0 Å². The molecule has 0 aliphatic heterocycles. The lowest BCUT2D eigenvalue weighted by atomic mass is 10.4. The van der Waals surface area contributed by atoms with E-state index in [2.05, 4.69) is 40.0 Å². The van der Waals surface area contributed by atoms with Crippen molar-refractivity contribution in [2.75, 3.05) is 26.4 Å². The number of hydrogen-bond donors (Lipinski definition) is 3. The fraction of sp³-hybridized carbons (Fsp3) is 0.520. The molecule has 0 aliphatic carbocycles. The molecule has 40 heavy (non-hydrogen) atoms. The standard InChI is InChI=1S/C9H14O5.C6H10O5.C5H5NO.C5H10O3/c1-4-6-13-9(11)14-7(3)8(10)12-5-2;1-3-10-5(7)4(2)11-6(8)9;7-5-2-1-3-6-4-5;1-3-8-5(7)4(2)6/h4,7H,1,5-6H2,2-3H3;4H,3H2,1-2H3,(H,8,9);1-4,7H;4,6H,3H2,1-2H3.